The number of carbonyl (C=O) groups is 2. The lowest BCUT2D eigenvalue weighted by Crippen LogP contribution is -2.30. The molecule has 3 aromatic carbocycles. The first-order chi connectivity index (χ1) is 16.4. The van der Waals surface area contributed by atoms with Crippen molar-refractivity contribution in [1.82, 2.24) is 4.90 Å². The third kappa shape index (κ3) is 6.33. The molecular weight excluding hydrogens is 439 g/mol. The van der Waals surface area contributed by atoms with Crippen molar-refractivity contribution in [2.75, 3.05) is 20.8 Å². The number of carbonyl (C=O) groups excluding carboxylic acids is 2. The second-order valence-electron chi connectivity index (χ2n) is 7.33. The summed E-state index contributed by atoms with van der Waals surface area (Å²) >= 11 is 0. The molecule has 0 aromatic heterocycles. The molecule has 3 aromatic rings. The van der Waals surface area contributed by atoms with Gasteiger partial charge in [-0.05, 0) is 53.6 Å². The molecule has 0 aliphatic rings. The van der Waals surface area contributed by atoms with Gasteiger partial charge in [0.25, 0.3) is 5.91 Å². The molecule has 8 heteroatoms. The molecule has 0 saturated heterocycles. The van der Waals surface area contributed by atoms with Crippen molar-refractivity contribution in [2.24, 2.45) is 0 Å². The van der Waals surface area contributed by atoms with Crippen LogP contribution < -0.4 is 9.47 Å². The Kier molecular flexibility index (Phi) is 8.19. The van der Waals surface area contributed by atoms with E-state index in [0.717, 1.165) is 5.56 Å². The predicted molar refractivity (Wildman–Crippen MR) is 122 cm³/mol. The molecule has 0 atom stereocenters. The van der Waals surface area contributed by atoms with Gasteiger partial charge >= 0.3 is 5.97 Å². The van der Waals surface area contributed by atoms with Crippen LogP contribution in [0.2, 0.25) is 0 Å². The Labute approximate surface area is 196 Å². The molecule has 0 aliphatic heterocycles. The van der Waals surface area contributed by atoms with Gasteiger partial charge < -0.3 is 19.1 Å². The molecule has 1 amide bonds. The topological polar surface area (TPSA) is 88.9 Å². The Morgan fingerprint density at radius 2 is 1.68 bits per heavy atom. The number of amides is 1. The van der Waals surface area contributed by atoms with E-state index >= 15 is 0 Å². The summed E-state index contributed by atoms with van der Waals surface area (Å²) in [6.07, 6.45) is 0. The van der Waals surface area contributed by atoms with E-state index in [0.29, 0.717) is 22.4 Å². The van der Waals surface area contributed by atoms with Gasteiger partial charge in [-0.25, -0.2) is 9.18 Å². The minimum Gasteiger partial charge on any atom is -0.493 e. The van der Waals surface area contributed by atoms with Crippen molar-refractivity contribution in [1.29, 1.82) is 5.26 Å². The summed E-state index contributed by atoms with van der Waals surface area (Å²) in [7, 11) is 2.69. The van der Waals surface area contributed by atoms with Crippen LogP contribution in [0.3, 0.4) is 0 Å². The predicted octanol–water partition coefficient (Wildman–Crippen LogP) is 4.10. The van der Waals surface area contributed by atoms with Crippen molar-refractivity contribution >= 4 is 11.9 Å². The smallest absolute Gasteiger partial charge is 0.343 e. The molecule has 0 saturated carbocycles. The molecule has 0 heterocycles. The number of hydrogen-bond acceptors (Lipinski definition) is 6. The average molecular weight is 462 g/mol. The van der Waals surface area contributed by atoms with E-state index in [-0.39, 0.29) is 31.4 Å². The molecule has 174 valence electrons. The van der Waals surface area contributed by atoms with E-state index in [4.69, 9.17) is 14.7 Å². The number of halogens is 1. The van der Waals surface area contributed by atoms with E-state index < -0.39 is 11.8 Å². The SMILES string of the molecule is COC(=O)COc1cc(C(=O)N(Cc2ccc(C#N)cc2)Cc2cccc(F)c2)ccc1OC. The van der Waals surface area contributed by atoms with E-state index in [9.17, 15) is 14.0 Å². The Bertz CT molecular complexity index is 1200. The highest BCUT2D eigenvalue weighted by Gasteiger charge is 2.20. The lowest BCUT2D eigenvalue weighted by Gasteiger charge is -2.24. The Morgan fingerprint density at radius 3 is 2.32 bits per heavy atom. The zero-order valence-electron chi connectivity index (χ0n) is 18.8. The van der Waals surface area contributed by atoms with E-state index in [1.807, 2.05) is 0 Å². The van der Waals surface area contributed by atoms with Gasteiger partial charge in [-0.3, -0.25) is 4.79 Å². The molecule has 0 radical (unpaired) electrons. The minimum absolute atomic E-state index is 0.154. The first-order valence-electron chi connectivity index (χ1n) is 10.3. The fourth-order valence-corrected chi connectivity index (χ4v) is 3.26. The average Bonchev–Trinajstić information content (AvgIpc) is 2.86. The number of nitrogens with zero attached hydrogens (tertiary/aromatic N) is 2. The van der Waals surface area contributed by atoms with Gasteiger partial charge in [-0.1, -0.05) is 24.3 Å². The highest BCUT2D eigenvalue weighted by Crippen LogP contribution is 2.29. The quantitative estimate of drug-likeness (QED) is 0.445. The van der Waals surface area contributed by atoms with Crippen LogP contribution in [0.25, 0.3) is 0 Å². The number of methoxy groups -OCH3 is 2. The molecule has 0 spiro atoms. The van der Waals surface area contributed by atoms with Crippen LogP contribution in [-0.4, -0.2) is 37.6 Å². The van der Waals surface area contributed by atoms with Crippen molar-refractivity contribution in [3.8, 4) is 17.6 Å². The molecule has 3 rings (SSSR count). The van der Waals surface area contributed by atoms with E-state index in [1.54, 1.807) is 53.4 Å². The van der Waals surface area contributed by atoms with Gasteiger partial charge in [0.15, 0.2) is 18.1 Å². The van der Waals surface area contributed by atoms with Crippen LogP contribution in [0, 0.1) is 17.1 Å². The normalized spacial score (nSPS) is 10.2. The molecule has 0 unspecified atom stereocenters. The van der Waals surface area contributed by atoms with Crippen LogP contribution in [0.15, 0.2) is 66.7 Å². The van der Waals surface area contributed by atoms with Gasteiger partial charge in [-0.15, -0.1) is 0 Å². The summed E-state index contributed by atoms with van der Waals surface area (Å²) < 4.78 is 29.1. The highest BCUT2D eigenvalue weighted by molar-refractivity contribution is 5.95. The summed E-state index contributed by atoms with van der Waals surface area (Å²) in [6, 6.07) is 19.6. The van der Waals surface area contributed by atoms with Crippen LogP contribution in [-0.2, 0) is 22.6 Å². The first-order valence-corrected chi connectivity index (χ1v) is 10.3. The number of rotatable bonds is 9. The molecule has 34 heavy (non-hydrogen) atoms. The van der Waals surface area contributed by atoms with Gasteiger partial charge in [0, 0.05) is 18.7 Å². The molecule has 0 bridgehead atoms. The third-order valence-corrected chi connectivity index (χ3v) is 4.99. The maximum atomic E-state index is 13.8. The zero-order chi connectivity index (χ0) is 24.5. The molecule has 0 N–H and O–H groups in total. The summed E-state index contributed by atoms with van der Waals surface area (Å²) in [6.45, 7) is 0.0369. The first kappa shape index (κ1) is 24.3. The van der Waals surface area contributed by atoms with Gasteiger partial charge in [0.2, 0.25) is 0 Å². The summed E-state index contributed by atoms with van der Waals surface area (Å²) in [5, 5.41) is 9.03. The highest BCUT2D eigenvalue weighted by atomic mass is 19.1. The molecular formula is C26H23FN2O5. The molecule has 7 nitrogen and oxygen atoms in total. The maximum absolute atomic E-state index is 13.8. The fourth-order valence-electron chi connectivity index (χ4n) is 3.26. The van der Waals surface area contributed by atoms with Crippen LogP contribution in [0.1, 0.15) is 27.0 Å². The number of nitriles is 1. The van der Waals surface area contributed by atoms with Crippen molar-refractivity contribution < 1.29 is 28.2 Å². The van der Waals surface area contributed by atoms with Crippen molar-refractivity contribution in [2.45, 2.75) is 13.1 Å². The van der Waals surface area contributed by atoms with Gasteiger partial charge in [0.1, 0.15) is 5.82 Å². The third-order valence-electron chi connectivity index (χ3n) is 4.99. The number of benzene rings is 3. The Balaban J connectivity index is 1.91. The molecule has 0 fully saturated rings. The molecule has 0 aliphatic carbocycles. The van der Waals surface area contributed by atoms with Crippen LogP contribution in [0.5, 0.6) is 11.5 Å². The zero-order valence-corrected chi connectivity index (χ0v) is 18.8. The number of esters is 1. The summed E-state index contributed by atoms with van der Waals surface area (Å²) in [5.74, 6) is -0.746. The van der Waals surface area contributed by atoms with E-state index in [1.165, 1.54) is 32.4 Å². The summed E-state index contributed by atoms with van der Waals surface area (Å²) in [4.78, 5) is 26.5. The van der Waals surface area contributed by atoms with Gasteiger partial charge in [-0.2, -0.15) is 5.26 Å². The van der Waals surface area contributed by atoms with Gasteiger partial charge in [0.05, 0.1) is 25.9 Å². The number of ether oxygens (including phenoxy) is 3. The maximum Gasteiger partial charge on any atom is 0.343 e. The number of hydrogen-bond donors (Lipinski definition) is 0. The fraction of sp³-hybridized carbons (Fsp3) is 0.192. The standard InChI is InChI=1S/C26H23FN2O5/c1-32-23-11-10-21(13-24(23)34-17-25(30)33-2)26(31)29(16-20-4-3-5-22(27)12-20)15-19-8-6-18(14-28)7-9-19/h3-13H,15-17H2,1-2H3. The lowest BCUT2D eigenvalue weighted by molar-refractivity contribution is -0.142. The largest absolute Gasteiger partial charge is 0.493 e. The Hall–Kier alpha value is -4.38. The Morgan fingerprint density at radius 1 is 0.941 bits per heavy atom. The lowest BCUT2D eigenvalue weighted by atomic mass is 10.1. The van der Waals surface area contributed by atoms with Crippen molar-refractivity contribution in [3.05, 3.63) is 94.8 Å². The van der Waals surface area contributed by atoms with Crippen molar-refractivity contribution in [3.63, 3.8) is 0 Å². The second-order valence-corrected chi connectivity index (χ2v) is 7.33. The van der Waals surface area contributed by atoms with E-state index in [2.05, 4.69) is 10.8 Å². The monoisotopic (exact) mass is 462 g/mol. The van der Waals surface area contributed by atoms with Crippen LogP contribution >= 0.6 is 0 Å². The summed E-state index contributed by atoms with van der Waals surface area (Å²) in [5.41, 5.74) is 2.23. The van der Waals surface area contributed by atoms with Crippen LogP contribution in [0.4, 0.5) is 4.39 Å². The minimum atomic E-state index is -0.577. The second kappa shape index (κ2) is 11.5.